The number of rotatable bonds is 12. The molecule has 0 fully saturated rings. The first-order chi connectivity index (χ1) is 18.6. The van der Waals surface area contributed by atoms with Crippen molar-refractivity contribution in [3.8, 4) is 5.75 Å². The van der Waals surface area contributed by atoms with E-state index in [0.717, 1.165) is 26.3 Å². The van der Waals surface area contributed by atoms with E-state index >= 15 is 0 Å². The van der Waals surface area contributed by atoms with Crippen molar-refractivity contribution in [2.45, 2.75) is 44.7 Å². The second-order valence-corrected chi connectivity index (χ2v) is 11.9. The van der Waals surface area contributed by atoms with E-state index in [0.29, 0.717) is 12.3 Å². The summed E-state index contributed by atoms with van der Waals surface area (Å²) < 4.78 is 35.2. The molecule has 0 saturated carbocycles. The van der Waals surface area contributed by atoms with Gasteiger partial charge in [0.05, 0.1) is 17.7 Å². The van der Waals surface area contributed by atoms with Gasteiger partial charge in [-0.1, -0.05) is 64.8 Å². The average Bonchev–Trinajstić information content (AvgIpc) is 2.93. The molecule has 10 heteroatoms. The topological polar surface area (TPSA) is 96.0 Å². The van der Waals surface area contributed by atoms with Gasteiger partial charge in [0.25, 0.3) is 10.0 Å². The van der Waals surface area contributed by atoms with Gasteiger partial charge in [-0.25, -0.2) is 8.42 Å². The Morgan fingerprint density at radius 2 is 1.64 bits per heavy atom. The summed E-state index contributed by atoms with van der Waals surface area (Å²) in [6, 6.07) is 19.6. The van der Waals surface area contributed by atoms with E-state index < -0.39 is 28.5 Å². The summed E-state index contributed by atoms with van der Waals surface area (Å²) in [7, 11) is -2.73. The van der Waals surface area contributed by atoms with Crippen molar-refractivity contribution in [2.75, 3.05) is 24.5 Å². The lowest BCUT2D eigenvalue weighted by atomic mass is 10.1. The zero-order valence-electron chi connectivity index (χ0n) is 22.6. The van der Waals surface area contributed by atoms with E-state index in [1.165, 1.54) is 24.1 Å². The van der Waals surface area contributed by atoms with Crippen LogP contribution < -0.4 is 14.4 Å². The van der Waals surface area contributed by atoms with Crippen LogP contribution in [0, 0.1) is 6.92 Å². The normalized spacial score (nSPS) is 11.9. The summed E-state index contributed by atoms with van der Waals surface area (Å²) in [6.45, 7) is 5.51. The van der Waals surface area contributed by atoms with E-state index in [1.54, 1.807) is 43.3 Å². The quantitative estimate of drug-likeness (QED) is 0.312. The third-order valence-corrected chi connectivity index (χ3v) is 8.53. The first-order valence-electron chi connectivity index (χ1n) is 12.6. The molecule has 0 aliphatic rings. The average molecular weight is 617 g/mol. The molecule has 2 amide bonds. The van der Waals surface area contributed by atoms with Gasteiger partial charge in [0, 0.05) is 17.6 Å². The molecule has 3 aromatic rings. The molecule has 1 atom stereocenters. The highest BCUT2D eigenvalue weighted by atomic mass is 79.9. The molecule has 208 valence electrons. The van der Waals surface area contributed by atoms with Gasteiger partial charge in [-0.3, -0.25) is 13.9 Å². The number of halogens is 1. The van der Waals surface area contributed by atoms with Gasteiger partial charge in [0.15, 0.2) is 0 Å². The van der Waals surface area contributed by atoms with Crippen LogP contribution in [0.3, 0.4) is 0 Å². The van der Waals surface area contributed by atoms with Crippen LogP contribution in [-0.2, 0) is 26.2 Å². The van der Waals surface area contributed by atoms with Crippen molar-refractivity contribution < 1.29 is 22.7 Å². The van der Waals surface area contributed by atoms with E-state index in [-0.39, 0.29) is 23.0 Å². The fourth-order valence-corrected chi connectivity index (χ4v) is 5.64. The molecule has 0 aromatic heterocycles. The maximum absolute atomic E-state index is 13.9. The van der Waals surface area contributed by atoms with Gasteiger partial charge in [0.2, 0.25) is 11.8 Å². The van der Waals surface area contributed by atoms with Crippen LogP contribution >= 0.6 is 15.9 Å². The van der Waals surface area contributed by atoms with E-state index in [1.807, 2.05) is 38.1 Å². The molecule has 0 aliphatic heterocycles. The number of anilines is 1. The SMILES string of the molecule is CCCNC(=O)[C@@H](C)N(Cc1ccc(Br)cc1)C(=O)CN(c1ccccc1OC)S(=O)(=O)c1ccc(C)cc1. The molecule has 0 saturated heterocycles. The number of hydrogen-bond donors (Lipinski definition) is 1. The molecule has 3 aromatic carbocycles. The zero-order valence-corrected chi connectivity index (χ0v) is 25.0. The summed E-state index contributed by atoms with van der Waals surface area (Å²) in [6.07, 6.45) is 0.746. The van der Waals surface area contributed by atoms with Crippen molar-refractivity contribution >= 4 is 43.5 Å². The van der Waals surface area contributed by atoms with Crippen LogP contribution in [0.25, 0.3) is 0 Å². The van der Waals surface area contributed by atoms with Gasteiger partial charge < -0.3 is 15.0 Å². The Bertz CT molecular complexity index is 1380. The number of para-hydroxylation sites is 2. The summed E-state index contributed by atoms with van der Waals surface area (Å²) >= 11 is 3.41. The molecule has 1 N–H and O–H groups in total. The number of nitrogens with zero attached hydrogens (tertiary/aromatic N) is 2. The van der Waals surface area contributed by atoms with Crippen LogP contribution in [0.1, 0.15) is 31.4 Å². The third-order valence-electron chi connectivity index (χ3n) is 6.22. The molecule has 3 rings (SSSR count). The van der Waals surface area contributed by atoms with Gasteiger partial charge >= 0.3 is 0 Å². The Morgan fingerprint density at radius 1 is 1.00 bits per heavy atom. The summed E-state index contributed by atoms with van der Waals surface area (Å²) in [5, 5.41) is 2.83. The Morgan fingerprint density at radius 3 is 2.26 bits per heavy atom. The highest BCUT2D eigenvalue weighted by Crippen LogP contribution is 2.32. The number of carbonyl (C=O) groups excluding carboxylic acids is 2. The molecule has 0 radical (unpaired) electrons. The summed E-state index contributed by atoms with van der Waals surface area (Å²) in [5.74, 6) is -0.541. The molecule has 39 heavy (non-hydrogen) atoms. The van der Waals surface area contributed by atoms with Gasteiger partial charge in [-0.05, 0) is 62.2 Å². The monoisotopic (exact) mass is 615 g/mol. The molecule has 0 unspecified atom stereocenters. The van der Waals surface area contributed by atoms with Crippen molar-refractivity contribution in [1.82, 2.24) is 10.2 Å². The number of nitrogens with one attached hydrogen (secondary N) is 1. The van der Waals surface area contributed by atoms with Crippen molar-refractivity contribution in [1.29, 1.82) is 0 Å². The number of aryl methyl sites for hydroxylation is 1. The van der Waals surface area contributed by atoms with Crippen LogP contribution in [0.5, 0.6) is 5.75 Å². The Labute approximate surface area is 239 Å². The first kappa shape index (κ1) is 30.2. The van der Waals surface area contributed by atoms with Crippen LogP contribution in [-0.4, -0.2) is 51.4 Å². The molecule has 0 spiro atoms. The molecule has 8 nitrogen and oxygen atoms in total. The second kappa shape index (κ2) is 13.6. The first-order valence-corrected chi connectivity index (χ1v) is 14.9. The smallest absolute Gasteiger partial charge is 0.264 e. The lowest BCUT2D eigenvalue weighted by molar-refractivity contribution is -0.139. The van der Waals surface area contributed by atoms with Crippen LogP contribution in [0.2, 0.25) is 0 Å². The molecular weight excluding hydrogens is 582 g/mol. The fourth-order valence-electron chi connectivity index (χ4n) is 3.95. The van der Waals surface area contributed by atoms with Gasteiger partial charge in [-0.15, -0.1) is 0 Å². The summed E-state index contributed by atoms with van der Waals surface area (Å²) in [4.78, 5) is 28.3. The molecule has 0 aliphatic carbocycles. The number of methoxy groups -OCH3 is 1. The standard InChI is InChI=1S/C29H34BrN3O5S/c1-5-18-31-29(35)22(3)32(19-23-12-14-24(30)15-13-23)28(34)20-33(26-8-6-7-9-27(26)38-4)39(36,37)25-16-10-21(2)11-17-25/h6-17,22H,5,18-20H2,1-4H3,(H,31,35)/t22-/m1/s1. The largest absolute Gasteiger partial charge is 0.495 e. The minimum atomic E-state index is -4.17. The molecule has 0 bridgehead atoms. The minimum absolute atomic E-state index is 0.0417. The number of benzene rings is 3. The second-order valence-electron chi connectivity index (χ2n) is 9.11. The lowest BCUT2D eigenvalue weighted by Gasteiger charge is -2.32. The fraction of sp³-hybridized carbons (Fsp3) is 0.310. The Balaban J connectivity index is 2.05. The number of ether oxygens (including phenoxy) is 1. The zero-order chi connectivity index (χ0) is 28.6. The van der Waals surface area contributed by atoms with Gasteiger partial charge in [0.1, 0.15) is 18.3 Å². The predicted octanol–water partition coefficient (Wildman–Crippen LogP) is 4.90. The van der Waals surface area contributed by atoms with Crippen LogP contribution in [0.4, 0.5) is 5.69 Å². The lowest BCUT2D eigenvalue weighted by Crippen LogP contribution is -2.51. The third kappa shape index (κ3) is 7.60. The van der Waals surface area contributed by atoms with Crippen molar-refractivity contribution in [3.63, 3.8) is 0 Å². The molecule has 0 heterocycles. The minimum Gasteiger partial charge on any atom is -0.495 e. The molecular formula is C29H34BrN3O5S. The highest BCUT2D eigenvalue weighted by Gasteiger charge is 2.33. The number of carbonyl (C=O) groups is 2. The van der Waals surface area contributed by atoms with E-state index in [2.05, 4.69) is 21.2 Å². The van der Waals surface area contributed by atoms with Crippen molar-refractivity contribution in [2.24, 2.45) is 0 Å². The predicted molar refractivity (Wildman–Crippen MR) is 156 cm³/mol. The van der Waals surface area contributed by atoms with Crippen LogP contribution in [0.15, 0.2) is 82.2 Å². The number of sulfonamides is 1. The van der Waals surface area contributed by atoms with E-state index in [9.17, 15) is 18.0 Å². The number of hydrogen-bond acceptors (Lipinski definition) is 5. The maximum Gasteiger partial charge on any atom is 0.264 e. The van der Waals surface area contributed by atoms with Gasteiger partial charge in [-0.2, -0.15) is 0 Å². The van der Waals surface area contributed by atoms with Crippen molar-refractivity contribution in [3.05, 3.63) is 88.4 Å². The number of amides is 2. The Kier molecular flexibility index (Phi) is 10.5. The summed E-state index contributed by atoms with van der Waals surface area (Å²) in [5.41, 5.74) is 1.92. The Hall–Kier alpha value is -3.37. The maximum atomic E-state index is 13.9. The van der Waals surface area contributed by atoms with E-state index in [4.69, 9.17) is 4.74 Å². The highest BCUT2D eigenvalue weighted by molar-refractivity contribution is 9.10.